The maximum absolute atomic E-state index is 8.78. The normalized spacial score (nSPS) is 17.0. The lowest BCUT2D eigenvalue weighted by Gasteiger charge is -2.30. The third-order valence-electron chi connectivity index (χ3n) is 4.29. The van der Waals surface area contributed by atoms with Gasteiger partial charge in [-0.05, 0) is 36.9 Å². The third kappa shape index (κ3) is 3.51. The first-order valence-corrected chi connectivity index (χ1v) is 7.30. The molecule has 1 aliphatic heterocycles. The molecular formula is C16H25N3O. The summed E-state index contributed by atoms with van der Waals surface area (Å²) in [6.07, 6.45) is 3.13. The van der Waals surface area contributed by atoms with Gasteiger partial charge in [-0.1, -0.05) is 43.3 Å². The number of nitrogens with two attached hydrogens (primary N) is 1. The lowest BCUT2D eigenvalue weighted by molar-refractivity contribution is 0.238. The molecule has 0 radical (unpaired) electrons. The zero-order valence-corrected chi connectivity index (χ0v) is 12.5. The standard InChI is InChI=1S/C16H25N3O/c1-16(2,15(17)18-20)9-5-10-19-11-8-13-6-3-4-7-14(13)12-19/h3-4,6-7,20H,5,8-12H2,1-2H3,(H2,17,18). The summed E-state index contributed by atoms with van der Waals surface area (Å²) in [5.74, 6) is 0.321. The van der Waals surface area contributed by atoms with Crippen molar-refractivity contribution in [3.63, 3.8) is 0 Å². The Hall–Kier alpha value is -1.55. The van der Waals surface area contributed by atoms with Crippen molar-refractivity contribution in [3.05, 3.63) is 35.4 Å². The van der Waals surface area contributed by atoms with Crippen LogP contribution in [0.5, 0.6) is 0 Å². The fraction of sp³-hybridized carbons (Fsp3) is 0.562. The minimum absolute atomic E-state index is 0.234. The molecule has 20 heavy (non-hydrogen) atoms. The Kier molecular flexibility index (Phi) is 4.65. The van der Waals surface area contributed by atoms with Gasteiger partial charge in [0.25, 0.3) is 0 Å². The molecule has 0 unspecified atom stereocenters. The Morgan fingerprint density at radius 3 is 2.75 bits per heavy atom. The molecule has 0 atom stereocenters. The highest BCUT2D eigenvalue weighted by molar-refractivity contribution is 5.85. The molecule has 4 heteroatoms. The van der Waals surface area contributed by atoms with Crippen LogP contribution in [0.3, 0.4) is 0 Å². The topological polar surface area (TPSA) is 61.8 Å². The van der Waals surface area contributed by atoms with Crippen LogP contribution < -0.4 is 5.73 Å². The van der Waals surface area contributed by atoms with E-state index in [4.69, 9.17) is 10.9 Å². The quantitative estimate of drug-likeness (QED) is 0.376. The smallest absolute Gasteiger partial charge is 0.144 e. The van der Waals surface area contributed by atoms with Crippen LogP contribution in [0.2, 0.25) is 0 Å². The number of fused-ring (bicyclic) bond motifs is 1. The molecule has 0 aliphatic carbocycles. The van der Waals surface area contributed by atoms with Crippen molar-refractivity contribution in [1.29, 1.82) is 0 Å². The number of hydrogen-bond donors (Lipinski definition) is 2. The maximum atomic E-state index is 8.78. The van der Waals surface area contributed by atoms with Gasteiger partial charge in [0.05, 0.1) is 0 Å². The third-order valence-corrected chi connectivity index (χ3v) is 4.29. The molecule has 0 bridgehead atoms. The van der Waals surface area contributed by atoms with Gasteiger partial charge >= 0.3 is 0 Å². The Bertz CT molecular complexity index is 482. The number of rotatable bonds is 5. The molecule has 1 heterocycles. The summed E-state index contributed by atoms with van der Waals surface area (Å²) in [5.41, 5.74) is 8.43. The molecule has 1 aliphatic rings. The monoisotopic (exact) mass is 275 g/mol. The lowest BCUT2D eigenvalue weighted by atomic mass is 9.86. The fourth-order valence-electron chi connectivity index (χ4n) is 2.75. The van der Waals surface area contributed by atoms with Crippen molar-refractivity contribution in [2.24, 2.45) is 16.3 Å². The second kappa shape index (κ2) is 6.27. The molecule has 0 spiro atoms. The summed E-state index contributed by atoms with van der Waals surface area (Å²) in [4.78, 5) is 2.49. The van der Waals surface area contributed by atoms with E-state index >= 15 is 0 Å². The van der Waals surface area contributed by atoms with Crippen LogP contribution in [0.4, 0.5) is 0 Å². The predicted octanol–water partition coefficient (Wildman–Crippen LogP) is 2.60. The van der Waals surface area contributed by atoms with Crippen molar-refractivity contribution < 1.29 is 5.21 Å². The van der Waals surface area contributed by atoms with Crippen molar-refractivity contribution in [3.8, 4) is 0 Å². The summed E-state index contributed by atoms with van der Waals surface area (Å²) in [7, 11) is 0. The molecule has 1 aromatic rings. The number of hydrogen-bond acceptors (Lipinski definition) is 3. The van der Waals surface area contributed by atoms with Gasteiger partial charge < -0.3 is 10.9 Å². The highest BCUT2D eigenvalue weighted by atomic mass is 16.4. The average Bonchev–Trinajstić information content (AvgIpc) is 2.46. The van der Waals surface area contributed by atoms with Gasteiger partial charge in [0.2, 0.25) is 0 Å². The molecule has 2 rings (SSSR count). The minimum atomic E-state index is -0.234. The highest BCUT2D eigenvalue weighted by Gasteiger charge is 2.24. The van der Waals surface area contributed by atoms with Gasteiger partial charge in [0.15, 0.2) is 0 Å². The average molecular weight is 275 g/mol. The van der Waals surface area contributed by atoms with Gasteiger partial charge in [0, 0.05) is 18.5 Å². The van der Waals surface area contributed by atoms with Crippen LogP contribution in [0.1, 0.15) is 37.8 Å². The zero-order chi connectivity index (χ0) is 14.6. The van der Waals surface area contributed by atoms with Gasteiger partial charge in [-0.2, -0.15) is 0 Å². The van der Waals surface area contributed by atoms with Gasteiger partial charge in [-0.15, -0.1) is 0 Å². The summed E-state index contributed by atoms with van der Waals surface area (Å²) in [5, 5.41) is 11.9. The predicted molar refractivity (Wildman–Crippen MR) is 81.8 cm³/mol. The molecule has 0 amide bonds. The van der Waals surface area contributed by atoms with Crippen LogP contribution in [0.15, 0.2) is 29.4 Å². The van der Waals surface area contributed by atoms with Gasteiger partial charge in [-0.25, -0.2) is 0 Å². The first-order valence-electron chi connectivity index (χ1n) is 7.30. The number of nitrogens with zero attached hydrogens (tertiary/aromatic N) is 2. The molecule has 110 valence electrons. The number of benzene rings is 1. The molecule has 0 saturated carbocycles. The second-order valence-corrected chi connectivity index (χ2v) is 6.27. The molecular weight excluding hydrogens is 250 g/mol. The number of amidine groups is 1. The van der Waals surface area contributed by atoms with Crippen molar-refractivity contribution in [1.82, 2.24) is 4.90 Å². The summed E-state index contributed by atoms with van der Waals surface area (Å²) < 4.78 is 0. The van der Waals surface area contributed by atoms with E-state index in [2.05, 4.69) is 34.3 Å². The lowest BCUT2D eigenvalue weighted by Crippen LogP contribution is -2.35. The van der Waals surface area contributed by atoms with E-state index in [0.717, 1.165) is 38.9 Å². The molecule has 4 nitrogen and oxygen atoms in total. The van der Waals surface area contributed by atoms with Crippen LogP contribution >= 0.6 is 0 Å². The van der Waals surface area contributed by atoms with Crippen molar-refractivity contribution >= 4 is 5.84 Å². The minimum Gasteiger partial charge on any atom is -0.409 e. The van der Waals surface area contributed by atoms with Crippen LogP contribution in [0, 0.1) is 5.41 Å². The summed E-state index contributed by atoms with van der Waals surface area (Å²) in [6.45, 7) is 7.28. The maximum Gasteiger partial charge on any atom is 0.144 e. The molecule has 3 N–H and O–H groups in total. The largest absolute Gasteiger partial charge is 0.409 e. The van der Waals surface area contributed by atoms with Crippen LogP contribution in [-0.2, 0) is 13.0 Å². The Labute approximate surface area is 121 Å². The van der Waals surface area contributed by atoms with E-state index in [0.29, 0.717) is 5.84 Å². The van der Waals surface area contributed by atoms with Gasteiger partial charge in [-0.3, -0.25) is 4.90 Å². The second-order valence-electron chi connectivity index (χ2n) is 6.27. The summed E-state index contributed by atoms with van der Waals surface area (Å²) in [6, 6.07) is 8.69. The van der Waals surface area contributed by atoms with E-state index < -0.39 is 0 Å². The Morgan fingerprint density at radius 2 is 2.05 bits per heavy atom. The Morgan fingerprint density at radius 1 is 1.35 bits per heavy atom. The molecule has 0 aromatic heterocycles. The number of oxime groups is 1. The highest BCUT2D eigenvalue weighted by Crippen LogP contribution is 2.24. The van der Waals surface area contributed by atoms with E-state index in [-0.39, 0.29) is 5.41 Å². The van der Waals surface area contributed by atoms with E-state index in [9.17, 15) is 0 Å². The van der Waals surface area contributed by atoms with E-state index in [1.165, 1.54) is 11.1 Å². The van der Waals surface area contributed by atoms with Crippen molar-refractivity contribution in [2.45, 2.75) is 39.7 Å². The molecule has 0 fully saturated rings. The van der Waals surface area contributed by atoms with Crippen LogP contribution in [0.25, 0.3) is 0 Å². The van der Waals surface area contributed by atoms with E-state index in [1.807, 2.05) is 13.8 Å². The van der Waals surface area contributed by atoms with Gasteiger partial charge in [0.1, 0.15) is 5.84 Å². The Balaban J connectivity index is 1.82. The molecule has 1 aromatic carbocycles. The fourth-order valence-corrected chi connectivity index (χ4v) is 2.75. The molecule has 0 saturated heterocycles. The van der Waals surface area contributed by atoms with Crippen molar-refractivity contribution in [2.75, 3.05) is 13.1 Å². The van der Waals surface area contributed by atoms with E-state index in [1.54, 1.807) is 0 Å². The van der Waals surface area contributed by atoms with Crippen LogP contribution in [-0.4, -0.2) is 29.0 Å². The first kappa shape index (κ1) is 14.9. The SMILES string of the molecule is CC(C)(CCCN1CCc2ccccc2C1)C(N)=NO. The summed E-state index contributed by atoms with van der Waals surface area (Å²) >= 11 is 0. The zero-order valence-electron chi connectivity index (χ0n) is 12.5. The first-order chi connectivity index (χ1) is 9.53.